The molecule has 1 aromatic carbocycles. The summed E-state index contributed by atoms with van der Waals surface area (Å²) in [5.41, 5.74) is 0.965. The molecule has 2 nitrogen and oxygen atoms in total. The molecule has 0 aliphatic heterocycles. The molecule has 0 saturated carbocycles. The zero-order chi connectivity index (χ0) is 10.4. The second-order valence-corrected chi connectivity index (χ2v) is 3.56. The Morgan fingerprint density at radius 2 is 2.36 bits per heavy atom. The van der Waals surface area contributed by atoms with E-state index in [0.29, 0.717) is 6.61 Å². The van der Waals surface area contributed by atoms with Gasteiger partial charge in [-0.25, -0.2) is 4.79 Å². The fourth-order valence-corrected chi connectivity index (χ4v) is 1.38. The lowest BCUT2D eigenvalue weighted by Crippen LogP contribution is -1.98. The predicted molar refractivity (Wildman–Crippen MR) is 59.8 cm³/mol. The molecule has 1 rings (SSSR count). The molecule has 74 valence electrons. The molecule has 0 amide bonds. The standard InChI is InChI=1S/C11H11BrO2/c1-2-14-11(13)7-6-9-4-3-5-10(12)8-9/h3-8H,2H2,1H3/b7-6-. The first-order valence-electron chi connectivity index (χ1n) is 4.33. The van der Waals surface area contributed by atoms with Crippen molar-refractivity contribution in [2.75, 3.05) is 6.61 Å². The molecular formula is C11H11BrO2. The topological polar surface area (TPSA) is 26.3 Å². The van der Waals surface area contributed by atoms with Gasteiger partial charge in [0.05, 0.1) is 6.61 Å². The van der Waals surface area contributed by atoms with Gasteiger partial charge in [-0.05, 0) is 30.7 Å². The number of benzene rings is 1. The van der Waals surface area contributed by atoms with Crippen molar-refractivity contribution < 1.29 is 9.53 Å². The van der Waals surface area contributed by atoms with Gasteiger partial charge in [-0.15, -0.1) is 0 Å². The van der Waals surface area contributed by atoms with Gasteiger partial charge in [-0.3, -0.25) is 0 Å². The highest BCUT2D eigenvalue weighted by atomic mass is 79.9. The molecule has 1 aromatic rings. The maximum absolute atomic E-state index is 11.0. The van der Waals surface area contributed by atoms with E-state index in [4.69, 9.17) is 4.74 Å². The Hall–Kier alpha value is -1.09. The van der Waals surface area contributed by atoms with Crippen LogP contribution in [-0.2, 0) is 9.53 Å². The second kappa shape index (κ2) is 5.60. The van der Waals surface area contributed by atoms with Crippen molar-refractivity contribution in [3.05, 3.63) is 40.4 Å². The third kappa shape index (κ3) is 3.75. The lowest BCUT2D eigenvalue weighted by molar-refractivity contribution is -0.137. The highest BCUT2D eigenvalue weighted by Crippen LogP contribution is 2.12. The molecule has 0 atom stereocenters. The van der Waals surface area contributed by atoms with Crippen LogP contribution in [-0.4, -0.2) is 12.6 Å². The molecule has 0 fully saturated rings. The molecular weight excluding hydrogens is 244 g/mol. The number of carbonyl (C=O) groups is 1. The van der Waals surface area contributed by atoms with E-state index in [1.54, 1.807) is 13.0 Å². The quantitative estimate of drug-likeness (QED) is 0.613. The van der Waals surface area contributed by atoms with Gasteiger partial charge in [0.15, 0.2) is 0 Å². The monoisotopic (exact) mass is 254 g/mol. The number of ether oxygens (including phenoxy) is 1. The Morgan fingerprint density at radius 3 is 3.00 bits per heavy atom. The van der Waals surface area contributed by atoms with E-state index in [9.17, 15) is 4.79 Å². The number of hydrogen-bond donors (Lipinski definition) is 0. The van der Waals surface area contributed by atoms with Crippen molar-refractivity contribution in [1.82, 2.24) is 0 Å². The third-order valence-electron chi connectivity index (χ3n) is 1.55. The van der Waals surface area contributed by atoms with Crippen molar-refractivity contribution in [3.63, 3.8) is 0 Å². The van der Waals surface area contributed by atoms with Crippen molar-refractivity contribution >= 4 is 28.0 Å². The first-order valence-corrected chi connectivity index (χ1v) is 5.12. The number of hydrogen-bond acceptors (Lipinski definition) is 2. The van der Waals surface area contributed by atoms with Gasteiger partial charge in [0.1, 0.15) is 0 Å². The van der Waals surface area contributed by atoms with E-state index in [0.717, 1.165) is 10.0 Å². The van der Waals surface area contributed by atoms with E-state index in [1.165, 1.54) is 6.08 Å². The molecule has 0 unspecified atom stereocenters. The summed E-state index contributed by atoms with van der Waals surface area (Å²) >= 11 is 3.35. The summed E-state index contributed by atoms with van der Waals surface area (Å²) in [5, 5.41) is 0. The molecule has 0 aliphatic carbocycles. The molecule has 0 N–H and O–H groups in total. The first kappa shape index (κ1) is 11.0. The fourth-order valence-electron chi connectivity index (χ4n) is 0.965. The van der Waals surface area contributed by atoms with E-state index >= 15 is 0 Å². The van der Waals surface area contributed by atoms with Gasteiger partial charge in [0.2, 0.25) is 0 Å². The Morgan fingerprint density at radius 1 is 1.57 bits per heavy atom. The second-order valence-electron chi connectivity index (χ2n) is 2.64. The van der Waals surface area contributed by atoms with Crippen LogP contribution in [0.4, 0.5) is 0 Å². The summed E-state index contributed by atoms with van der Waals surface area (Å²) in [4.78, 5) is 11.0. The van der Waals surface area contributed by atoms with E-state index in [-0.39, 0.29) is 5.97 Å². The van der Waals surface area contributed by atoms with Crippen LogP contribution in [0.25, 0.3) is 6.08 Å². The van der Waals surface area contributed by atoms with Gasteiger partial charge in [0, 0.05) is 10.5 Å². The minimum atomic E-state index is -0.313. The van der Waals surface area contributed by atoms with Crippen LogP contribution in [0.15, 0.2) is 34.8 Å². The van der Waals surface area contributed by atoms with Crippen molar-refractivity contribution in [2.24, 2.45) is 0 Å². The van der Waals surface area contributed by atoms with Crippen LogP contribution >= 0.6 is 15.9 Å². The van der Waals surface area contributed by atoms with E-state index in [1.807, 2.05) is 24.3 Å². The average Bonchev–Trinajstić information content (AvgIpc) is 2.15. The van der Waals surface area contributed by atoms with Crippen molar-refractivity contribution in [1.29, 1.82) is 0 Å². The van der Waals surface area contributed by atoms with Crippen LogP contribution in [0.5, 0.6) is 0 Å². The number of rotatable bonds is 3. The highest BCUT2D eigenvalue weighted by molar-refractivity contribution is 9.10. The Balaban J connectivity index is 2.64. The van der Waals surface area contributed by atoms with Crippen LogP contribution in [0, 0.1) is 0 Å². The number of esters is 1. The molecule has 0 bridgehead atoms. The maximum Gasteiger partial charge on any atom is 0.330 e. The molecule has 0 aromatic heterocycles. The molecule has 3 heteroatoms. The smallest absolute Gasteiger partial charge is 0.330 e. The lowest BCUT2D eigenvalue weighted by atomic mass is 10.2. The third-order valence-corrected chi connectivity index (χ3v) is 2.04. The average molecular weight is 255 g/mol. The van der Waals surface area contributed by atoms with Gasteiger partial charge >= 0.3 is 5.97 Å². The molecule has 0 saturated heterocycles. The summed E-state index contributed by atoms with van der Waals surface area (Å²) in [6.07, 6.45) is 3.15. The molecule has 0 aliphatic rings. The summed E-state index contributed by atoms with van der Waals surface area (Å²) < 4.78 is 5.75. The molecule has 0 radical (unpaired) electrons. The van der Waals surface area contributed by atoms with Gasteiger partial charge < -0.3 is 4.74 Å². The van der Waals surface area contributed by atoms with Gasteiger partial charge in [-0.1, -0.05) is 28.1 Å². The summed E-state index contributed by atoms with van der Waals surface area (Å²) in [6, 6.07) is 7.69. The van der Waals surface area contributed by atoms with Crippen LogP contribution in [0.2, 0.25) is 0 Å². The number of halogens is 1. The molecule has 14 heavy (non-hydrogen) atoms. The Bertz CT molecular complexity index is 345. The van der Waals surface area contributed by atoms with Gasteiger partial charge in [-0.2, -0.15) is 0 Å². The fraction of sp³-hybridized carbons (Fsp3) is 0.182. The lowest BCUT2D eigenvalue weighted by Gasteiger charge is -1.95. The maximum atomic E-state index is 11.0. The Kier molecular flexibility index (Phi) is 4.40. The zero-order valence-electron chi connectivity index (χ0n) is 7.87. The van der Waals surface area contributed by atoms with Crippen LogP contribution in [0.3, 0.4) is 0 Å². The van der Waals surface area contributed by atoms with E-state index < -0.39 is 0 Å². The summed E-state index contributed by atoms with van der Waals surface area (Å²) in [6.45, 7) is 2.19. The number of carbonyl (C=O) groups excluding carboxylic acids is 1. The SMILES string of the molecule is CCOC(=O)/C=C\c1cccc(Br)c1. The van der Waals surface area contributed by atoms with Crippen LogP contribution < -0.4 is 0 Å². The predicted octanol–water partition coefficient (Wildman–Crippen LogP) is 3.03. The minimum absolute atomic E-state index is 0.313. The normalized spacial score (nSPS) is 10.4. The zero-order valence-corrected chi connectivity index (χ0v) is 9.45. The van der Waals surface area contributed by atoms with Crippen molar-refractivity contribution in [3.8, 4) is 0 Å². The molecule has 0 spiro atoms. The first-order chi connectivity index (χ1) is 6.72. The van der Waals surface area contributed by atoms with Crippen LogP contribution in [0.1, 0.15) is 12.5 Å². The Labute approximate surface area is 91.7 Å². The highest BCUT2D eigenvalue weighted by Gasteiger charge is 1.93. The van der Waals surface area contributed by atoms with Crippen molar-refractivity contribution in [2.45, 2.75) is 6.92 Å². The minimum Gasteiger partial charge on any atom is -0.463 e. The summed E-state index contributed by atoms with van der Waals surface area (Å²) in [5.74, 6) is -0.313. The molecule has 0 heterocycles. The summed E-state index contributed by atoms with van der Waals surface area (Å²) in [7, 11) is 0. The largest absolute Gasteiger partial charge is 0.463 e. The van der Waals surface area contributed by atoms with E-state index in [2.05, 4.69) is 15.9 Å². The van der Waals surface area contributed by atoms with Gasteiger partial charge in [0.25, 0.3) is 0 Å².